The Hall–Kier alpha value is -1.35. The van der Waals surface area contributed by atoms with Gasteiger partial charge in [0, 0.05) is 11.8 Å². The van der Waals surface area contributed by atoms with E-state index < -0.39 is 0 Å². The predicted molar refractivity (Wildman–Crippen MR) is 48.0 cm³/mol. The van der Waals surface area contributed by atoms with Crippen molar-refractivity contribution in [3.8, 4) is 0 Å². The smallest absolute Gasteiger partial charge is 0.187 e. The summed E-state index contributed by atoms with van der Waals surface area (Å²) in [6.07, 6.45) is 10.2. The number of hydrogen-bond donors (Lipinski definition) is 1. The van der Waals surface area contributed by atoms with E-state index in [1.54, 1.807) is 18.2 Å². The minimum absolute atomic E-state index is 0.0535. The molecule has 68 valence electrons. The topological polar surface area (TPSA) is 40.5 Å². The molecule has 0 aromatic carbocycles. The quantitative estimate of drug-likeness (QED) is 0.512. The molecule has 3 nitrogen and oxygen atoms in total. The van der Waals surface area contributed by atoms with Crippen molar-refractivity contribution in [2.45, 2.75) is 18.9 Å². The highest BCUT2D eigenvalue weighted by Crippen LogP contribution is 2.26. The Morgan fingerprint density at radius 3 is 2.69 bits per heavy atom. The van der Waals surface area contributed by atoms with E-state index in [4.69, 9.17) is 0 Å². The third kappa shape index (κ3) is 1.87. The van der Waals surface area contributed by atoms with Crippen LogP contribution in [0.2, 0.25) is 0 Å². The van der Waals surface area contributed by atoms with Crippen LogP contribution in [0.15, 0.2) is 36.1 Å². The van der Waals surface area contributed by atoms with Gasteiger partial charge in [0.05, 0.1) is 6.04 Å². The minimum atomic E-state index is -0.0535. The van der Waals surface area contributed by atoms with Crippen molar-refractivity contribution in [2.24, 2.45) is 0 Å². The van der Waals surface area contributed by atoms with E-state index in [0.29, 0.717) is 5.57 Å². The summed E-state index contributed by atoms with van der Waals surface area (Å²) in [5, 5.41) is 10.5. The summed E-state index contributed by atoms with van der Waals surface area (Å²) in [6, 6.07) is 0.222. The summed E-state index contributed by atoms with van der Waals surface area (Å²) >= 11 is 0. The molecular weight excluding hydrogens is 166 g/mol. The zero-order valence-corrected chi connectivity index (χ0v) is 7.18. The number of hydrogen-bond acceptors (Lipinski definition) is 3. The Bertz CT molecular complexity index is 311. The molecule has 0 aliphatic heterocycles. The van der Waals surface area contributed by atoms with Gasteiger partial charge in [-0.25, -0.2) is 0 Å². The third-order valence-electron chi connectivity index (χ3n) is 2.11. The van der Waals surface area contributed by atoms with E-state index in [9.17, 15) is 10.0 Å². The lowest BCUT2D eigenvalue weighted by molar-refractivity contribution is -0.111. The van der Waals surface area contributed by atoms with E-state index in [-0.39, 0.29) is 11.8 Å². The normalized spacial score (nSPS) is 24.1. The molecule has 2 aliphatic carbocycles. The molecule has 0 spiro atoms. The summed E-state index contributed by atoms with van der Waals surface area (Å²) < 4.78 is 0. The van der Waals surface area contributed by atoms with Gasteiger partial charge in [-0.2, -0.15) is 0 Å². The molecule has 0 aromatic heterocycles. The van der Waals surface area contributed by atoms with Crippen LogP contribution in [0.1, 0.15) is 12.8 Å². The van der Waals surface area contributed by atoms with Crippen molar-refractivity contribution < 1.29 is 10.0 Å². The van der Waals surface area contributed by atoms with Crippen LogP contribution < -0.4 is 0 Å². The zero-order chi connectivity index (χ0) is 9.26. The number of nitrogens with zero attached hydrogens (tertiary/aromatic N) is 1. The van der Waals surface area contributed by atoms with Crippen LogP contribution in [-0.2, 0) is 4.79 Å². The molecule has 3 heteroatoms. The maximum atomic E-state index is 11.2. The van der Waals surface area contributed by atoms with Gasteiger partial charge in [0.2, 0.25) is 0 Å². The standard InChI is InChI=1S/C10H11NO2/c12-10-4-2-1-3-8(10)7-11(13)9-5-6-9/h1-4,7,9,13H,5-6H2/b8-7-. The second-order valence-corrected chi connectivity index (χ2v) is 3.28. The zero-order valence-electron chi connectivity index (χ0n) is 7.18. The van der Waals surface area contributed by atoms with Crippen molar-refractivity contribution in [2.75, 3.05) is 0 Å². The molecule has 0 radical (unpaired) electrons. The van der Waals surface area contributed by atoms with Crippen molar-refractivity contribution in [3.05, 3.63) is 36.1 Å². The number of allylic oxidation sites excluding steroid dienone is 5. The molecule has 0 aromatic rings. The highest BCUT2D eigenvalue weighted by atomic mass is 16.5. The van der Waals surface area contributed by atoms with Gasteiger partial charge in [0.1, 0.15) is 0 Å². The number of hydroxylamine groups is 2. The molecule has 0 bridgehead atoms. The molecule has 0 heterocycles. The van der Waals surface area contributed by atoms with Crippen molar-refractivity contribution in [1.82, 2.24) is 5.06 Å². The average Bonchev–Trinajstić information content (AvgIpc) is 2.91. The maximum Gasteiger partial charge on any atom is 0.187 e. The highest BCUT2D eigenvalue weighted by Gasteiger charge is 2.26. The van der Waals surface area contributed by atoms with Gasteiger partial charge in [0.25, 0.3) is 0 Å². The van der Waals surface area contributed by atoms with Gasteiger partial charge < -0.3 is 0 Å². The fourth-order valence-corrected chi connectivity index (χ4v) is 1.17. The molecule has 0 atom stereocenters. The molecule has 2 rings (SSSR count). The minimum Gasteiger partial charge on any atom is -0.289 e. The number of carbonyl (C=O) groups is 1. The first-order chi connectivity index (χ1) is 6.27. The fraction of sp³-hybridized carbons (Fsp3) is 0.300. The van der Waals surface area contributed by atoms with Crippen molar-refractivity contribution >= 4 is 5.78 Å². The third-order valence-corrected chi connectivity index (χ3v) is 2.11. The summed E-state index contributed by atoms with van der Waals surface area (Å²) in [5.74, 6) is -0.0535. The average molecular weight is 177 g/mol. The molecule has 1 N–H and O–H groups in total. The van der Waals surface area contributed by atoms with Gasteiger partial charge in [-0.3, -0.25) is 15.1 Å². The summed E-state index contributed by atoms with van der Waals surface area (Å²) in [5.41, 5.74) is 0.539. The monoisotopic (exact) mass is 177 g/mol. The lowest BCUT2D eigenvalue weighted by Gasteiger charge is -2.11. The van der Waals surface area contributed by atoms with Gasteiger partial charge >= 0.3 is 0 Å². The van der Waals surface area contributed by atoms with Crippen LogP contribution in [-0.4, -0.2) is 22.1 Å². The molecule has 0 saturated heterocycles. The number of rotatable bonds is 2. The van der Waals surface area contributed by atoms with Crippen LogP contribution in [0, 0.1) is 0 Å². The first-order valence-electron chi connectivity index (χ1n) is 4.35. The van der Waals surface area contributed by atoms with E-state index >= 15 is 0 Å². The van der Waals surface area contributed by atoms with E-state index in [1.165, 1.54) is 12.3 Å². The first-order valence-corrected chi connectivity index (χ1v) is 4.35. The first kappa shape index (κ1) is 8.26. The summed E-state index contributed by atoms with van der Waals surface area (Å²) in [4.78, 5) is 11.2. The van der Waals surface area contributed by atoms with Crippen molar-refractivity contribution in [1.29, 1.82) is 0 Å². The molecule has 1 fully saturated rings. The molecular formula is C10H11NO2. The highest BCUT2D eigenvalue weighted by molar-refractivity contribution is 6.07. The van der Waals surface area contributed by atoms with Crippen LogP contribution in [0.5, 0.6) is 0 Å². The van der Waals surface area contributed by atoms with Gasteiger partial charge in [0.15, 0.2) is 5.78 Å². The van der Waals surface area contributed by atoms with Crippen LogP contribution in [0.3, 0.4) is 0 Å². The Balaban J connectivity index is 2.09. The second-order valence-electron chi connectivity index (χ2n) is 3.28. The van der Waals surface area contributed by atoms with Crippen molar-refractivity contribution in [3.63, 3.8) is 0 Å². The van der Waals surface area contributed by atoms with Crippen LogP contribution in [0.25, 0.3) is 0 Å². The van der Waals surface area contributed by atoms with E-state index in [2.05, 4.69) is 0 Å². The Labute approximate surface area is 76.6 Å². The van der Waals surface area contributed by atoms with Gasteiger partial charge in [-0.15, -0.1) is 0 Å². The number of carbonyl (C=O) groups excluding carboxylic acids is 1. The Morgan fingerprint density at radius 1 is 1.38 bits per heavy atom. The fourth-order valence-electron chi connectivity index (χ4n) is 1.17. The number of ketones is 1. The molecule has 0 unspecified atom stereocenters. The lowest BCUT2D eigenvalue weighted by Crippen LogP contribution is -2.16. The van der Waals surface area contributed by atoms with E-state index in [1.807, 2.05) is 0 Å². The summed E-state index contributed by atoms with van der Waals surface area (Å²) in [6.45, 7) is 0. The predicted octanol–water partition coefficient (Wildman–Crippen LogP) is 1.42. The molecule has 0 amide bonds. The van der Waals surface area contributed by atoms with Gasteiger partial charge in [-0.1, -0.05) is 12.2 Å². The molecule has 2 aliphatic rings. The molecule has 1 saturated carbocycles. The Morgan fingerprint density at radius 2 is 2.08 bits per heavy atom. The Kier molecular flexibility index (Phi) is 2.02. The molecule has 13 heavy (non-hydrogen) atoms. The largest absolute Gasteiger partial charge is 0.289 e. The lowest BCUT2D eigenvalue weighted by atomic mass is 10.1. The summed E-state index contributed by atoms with van der Waals surface area (Å²) in [7, 11) is 0. The SMILES string of the molecule is O=C1C=CC=C/C1=C/N(O)C1CC1. The van der Waals surface area contributed by atoms with Crippen LogP contribution in [0.4, 0.5) is 0 Å². The van der Waals surface area contributed by atoms with Crippen LogP contribution >= 0.6 is 0 Å². The van der Waals surface area contributed by atoms with Gasteiger partial charge in [-0.05, 0) is 25.0 Å². The second kappa shape index (κ2) is 3.18. The maximum absolute atomic E-state index is 11.2. The van der Waals surface area contributed by atoms with E-state index in [0.717, 1.165) is 17.9 Å².